The Morgan fingerprint density at radius 3 is 2.33 bits per heavy atom. The largest absolute Gasteiger partial charge is 0.480 e. The summed E-state index contributed by atoms with van der Waals surface area (Å²) in [5, 5.41) is 19.7. The molecule has 6 nitrogen and oxygen atoms in total. The molecular formula is C25H27FNO5P. The number of aliphatic hydroxyl groups excluding tert-OH is 1. The number of carbonyl (C=O) groups is 1. The number of hydrogen-bond donors (Lipinski definition) is 2. The van der Waals surface area contributed by atoms with Crippen molar-refractivity contribution < 1.29 is 28.5 Å². The molecule has 0 fully saturated rings. The molecule has 174 valence electrons. The Bertz CT molecular complexity index is 1220. The Balaban J connectivity index is 2.50. The number of pyridine rings is 1. The minimum absolute atomic E-state index is 0.0603. The maximum Gasteiger partial charge on any atom is 0.326 e. The van der Waals surface area contributed by atoms with Gasteiger partial charge in [-0.3, -0.25) is 14.3 Å². The third kappa shape index (κ3) is 4.49. The molecule has 8 heteroatoms. The van der Waals surface area contributed by atoms with Gasteiger partial charge in [-0.05, 0) is 53.8 Å². The SMILES string of the molecule is CO[PH](=O)C(C(=O)O)(C(=Cc1ccc(F)cc1)c1cnc2ccccc2c1C(C)C)C(C)O. The fourth-order valence-corrected chi connectivity index (χ4v) is 5.44. The molecule has 3 unspecified atom stereocenters. The zero-order valence-corrected chi connectivity index (χ0v) is 19.9. The molecule has 2 aromatic carbocycles. The van der Waals surface area contributed by atoms with Crippen molar-refractivity contribution in [2.75, 3.05) is 7.11 Å². The number of carboxylic acid groups (broad SMARTS) is 1. The minimum Gasteiger partial charge on any atom is -0.480 e. The van der Waals surface area contributed by atoms with Crippen molar-refractivity contribution in [3.63, 3.8) is 0 Å². The van der Waals surface area contributed by atoms with E-state index in [0.717, 1.165) is 23.6 Å². The van der Waals surface area contributed by atoms with E-state index in [1.165, 1.54) is 43.5 Å². The summed E-state index contributed by atoms with van der Waals surface area (Å²) in [5.41, 5.74) is 2.53. The minimum atomic E-state index is -3.36. The molecule has 3 aromatic rings. The van der Waals surface area contributed by atoms with Crippen LogP contribution in [0.5, 0.6) is 0 Å². The predicted octanol–water partition coefficient (Wildman–Crippen LogP) is 5.36. The molecule has 3 rings (SSSR count). The maximum atomic E-state index is 13.5. The molecule has 0 saturated heterocycles. The summed E-state index contributed by atoms with van der Waals surface area (Å²) in [4.78, 5) is 17.2. The summed E-state index contributed by atoms with van der Waals surface area (Å²) in [6.45, 7) is 5.20. The summed E-state index contributed by atoms with van der Waals surface area (Å²) in [5.74, 6) is -2.00. The first-order valence-corrected chi connectivity index (χ1v) is 11.8. The second-order valence-corrected chi connectivity index (χ2v) is 9.92. The average Bonchev–Trinajstić information content (AvgIpc) is 2.78. The fourth-order valence-electron chi connectivity index (χ4n) is 4.18. The van der Waals surface area contributed by atoms with Gasteiger partial charge < -0.3 is 14.7 Å². The van der Waals surface area contributed by atoms with Crippen molar-refractivity contribution in [2.24, 2.45) is 0 Å². The van der Waals surface area contributed by atoms with Crippen molar-refractivity contribution >= 4 is 36.5 Å². The van der Waals surface area contributed by atoms with Gasteiger partial charge in [-0.1, -0.05) is 44.2 Å². The van der Waals surface area contributed by atoms with Crippen molar-refractivity contribution in [2.45, 2.75) is 37.9 Å². The molecule has 33 heavy (non-hydrogen) atoms. The summed E-state index contributed by atoms with van der Waals surface area (Å²) in [6.07, 6.45) is 1.48. The first-order chi connectivity index (χ1) is 15.6. The van der Waals surface area contributed by atoms with Crippen LogP contribution in [0.1, 0.15) is 43.4 Å². The smallest absolute Gasteiger partial charge is 0.326 e. The molecule has 0 saturated carbocycles. The Kier molecular flexibility index (Phi) is 7.48. The fraction of sp³-hybridized carbons (Fsp3) is 0.280. The number of aromatic nitrogens is 1. The van der Waals surface area contributed by atoms with E-state index < -0.39 is 31.1 Å². The topological polar surface area (TPSA) is 96.7 Å². The van der Waals surface area contributed by atoms with E-state index in [1.807, 2.05) is 38.1 Å². The number of aliphatic carboxylic acids is 1. The van der Waals surface area contributed by atoms with Crippen molar-refractivity contribution in [3.05, 3.63) is 77.2 Å². The third-order valence-electron chi connectivity index (χ3n) is 5.76. The summed E-state index contributed by atoms with van der Waals surface area (Å²) < 4.78 is 31.8. The molecule has 0 aliphatic rings. The van der Waals surface area contributed by atoms with E-state index in [-0.39, 0.29) is 11.5 Å². The summed E-state index contributed by atoms with van der Waals surface area (Å²) in [6, 6.07) is 12.9. The van der Waals surface area contributed by atoms with E-state index in [2.05, 4.69) is 4.98 Å². The zero-order chi connectivity index (χ0) is 24.3. The van der Waals surface area contributed by atoms with Gasteiger partial charge in [0.2, 0.25) is 8.03 Å². The normalized spacial score (nSPS) is 15.9. The van der Waals surface area contributed by atoms with Crippen molar-refractivity contribution in [3.8, 4) is 0 Å². The molecule has 1 heterocycles. The number of rotatable bonds is 8. The van der Waals surface area contributed by atoms with Gasteiger partial charge >= 0.3 is 5.97 Å². The van der Waals surface area contributed by atoms with Gasteiger partial charge in [0.05, 0.1) is 11.6 Å². The zero-order valence-electron chi connectivity index (χ0n) is 18.9. The van der Waals surface area contributed by atoms with Gasteiger partial charge in [-0.2, -0.15) is 0 Å². The van der Waals surface area contributed by atoms with Crippen LogP contribution in [0.3, 0.4) is 0 Å². The van der Waals surface area contributed by atoms with Crippen LogP contribution < -0.4 is 0 Å². The number of halogens is 1. The highest BCUT2D eigenvalue weighted by Gasteiger charge is 2.53. The molecule has 0 aliphatic carbocycles. The Hall–Kier alpha value is -2.86. The number of carboxylic acids is 1. The maximum absolute atomic E-state index is 13.5. The van der Waals surface area contributed by atoms with Crippen LogP contribution >= 0.6 is 8.03 Å². The number of nitrogens with zero attached hydrogens (tertiary/aromatic N) is 1. The average molecular weight is 471 g/mol. The monoisotopic (exact) mass is 471 g/mol. The van der Waals surface area contributed by atoms with E-state index >= 15 is 0 Å². The van der Waals surface area contributed by atoms with Crippen LogP contribution in [0, 0.1) is 5.82 Å². The van der Waals surface area contributed by atoms with Gasteiger partial charge in [0.15, 0.2) is 5.16 Å². The lowest BCUT2D eigenvalue weighted by atomic mass is 9.81. The molecule has 0 aliphatic heterocycles. The van der Waals surface area contributed by atoms with E-state index in [4.69, 9.17) is 4.52 Å². The molecule has 2 N–H and O–H groups in total. The highest BCUT2D eigenvalue weighted by Crippen LogP contribution is 2.53. The van der Waals surface area contributed by atoms with Crippen LogP contribution in [0.15, 0.2) is 54.7 Å². The van der Waals surface area contributed by atoms with Crippen LogP contribution in [-0.2, 0) is 13.9 Å². The van der Waals surface area contributed by atoms with Gasteiger partial charge in [-0.15, -0.1) is 0 Å². The molecular weight excluding hydrogens is 444 g/mol. The standard InChI is InChI=1S/C25H27FNO5P/c1-15(2)23-19-7-5-6-8-22(19)27-14-20(23)21(13-17-9-11-18(26)12-10-17)25(16(3)28,24(29)30)33(31)32-4/h5-16,28,33H,1-4H3,(H,29,30). The predicted molar refractivity (Wildman–Crippen MR) is 128 cm³/mol. The van der Waals surface area contributed by atoms with Crippen LogP contribution in [0.25, 0.3) is 22.6 Å². The number of para-hydroxylation sites is 1. The first-order valence-electron chi connectivity index (χ1n) is 10.5. The Morgan fingerprint density at radius 1 is 1.15 bits per heavy atom. The van der Waals surface area contributed by atoms with Gasteiger partial charge in [-0.25, -0.2) is 4.39 Å². The highest BCUT2D eigenvalue weighted by molar-refractivity contribution is 7.43. The molecule has 1 aromatic heterocycles. The molecule has 0 spiro atoms. The third-order valence-corrected chi connectivity index (χ3v) is 7.68. The van der Waals surface area contributed by atoms with E-state index in [0.29, 0.717) is 11.1 Å². The molecule has 3 atom stereocenters. The van der Waals surface area contributed by atoms with Crippen molar-refractivity contribution in [1.29, 1.82) is 0 Å². The van der Waals surface area contributed by atoms with Gasteiger partial charge in [0.1, 0.15) is 5.82 Å². The van der Waals surface area contributed by atoms with Gasteiger partial charge in [0.25, 0.3) is 0 Å². The quantitative estimate of drug-likeness (QED) is 0.429. The number of fused-ring (bicyclic) bond motifs is 1. The number of benzene rings is 2. The highest BCUT2D eigenvalue weighted by atomic mass is 31.1. The number of aliphatic hydroxyl groups is 1. The van der Waals surface area contributed by atoms with E-state index in [1.54, 1.807) is 0 Å². The summed E-state index contributed by atoms with van der Waals surface area (Å²) in [7, 11) is -2.21. The first kappa shape index (κ1) is 24.8. The lowest BCUT2D eigenvalue weighted by Gasteiger charge is -2.35. The van der Waals surface area contributed by atoms with Crippen LogP contribution in [0.2, 0.25) is 0 Å². The van der Waals surface area contributed by atoms with Gasteiger partial charge in [0, 0.05) is 24.3 Å². The molecule has 0 radical (unpaired) electrons. The lowest BCUT2D eigenvalue weighted by molar-refractivity contribution is -0.141. The number of hydrogen-bond acceptors (Lipinski definition) is 5. The summed E-state index contributed by atoms with van der Waals surface area (Å²) >= 11 is 0. The lowest BCUT2D eigenvalue weighted by Crippen LogP contribution is -2.46. The molecule has 0 bridgehead atoms. The second-order valence-electron chi connectivity index (χ2n) is 8.15. The second kappa shape index (κ2) is 9.96. The van der Waals surface area contributed by atoms with Crippen LogP contribution in [0.4, 0.5) is 4.39 Å². The Labute approximate surface area is 192 Å². The van der Waals surface area contributed by atoms with E-state index in [9.17, 15) is 24.0 Å². The van der Waals surface area contributed by atoms with Crippen molar-refractivity contribution in [1.82, 2.24) is 4.98 Å². The Morgan fingerprint density at radius 2 is 1.79 bits per heavy atom. The van der Waals surface area contributed by atoms with Crippen LogP contribution in [-0.4, -0.2) is 39.5 Å². The molecule has 0 amide bonds.